The van der Waals surface area contributed by atoms with E-state index in [1.807, 2.05) is 60.7 Å². The molecule has 160 valence electrons. The summed E-state index contributed by atoms with van der Waals surface area (Å²) in [5, 5.41) is 37.0. The summed E-state index contributed by atoms with van der Waals surface area (Å²) in [5.41, 5.74) is 2.85. The number of carboxylic acid groups (broad SMARTS) is 2. The summed E-state index contributed by atoms with van der Waals surface area (Å²) in [6.45, 7) is 0. The predicted molar refractivity (Wildman–Crippen MR) is 121 cm³/mol. The fourth-order valence-electron chi connectivity index (χ4n) is 3.08. The molecule has 0 aliphatic carbocycles. The van der Waals surface area contributed by atoms with E-state index in [0.717, 1.165) is 16.7 Å². The first-order valence-electron chi connectivity index (χ1n) is 9.61. The molecule has 4 aromatic carbocycles. The lowest BCUT2D eigenvalue weighted by molar-refractivity contribution is 0.0682. The first-order chi connectivity index (χ1) is 15.4. The average molecular weight is 428 g/mol. The maximum atomic E-state index is 10.8. The van der Waals surface area contributed by atoms with Gasteiger partial charge in [0.25, 0.3) is 0 Å². The van der Waals surface area contributed by atoms with Crippen molar-refractivity contribution in [2.24, 2.45) is 0 Å². The minimum atomic E-state index is -1.13. The van der Waals surface area contributed by atoms with Crippen LogP contribution in [0.2, 0.25) is 0 Å². The van der Waals surface area contributed by atoms with Crippen molar-refractivity contribution < 1.29 is 30.0 Å². The van der Waals surface area contributed by atoms with Gasteiger partial charge in [-0.15, -0.1) is 0 Å². The third kappa shape index (κ3) is 5.12. The van der Waals surface area contributed by atoms with E-state index < -0.39 is 11.9 Å². The van der Waals surface area contributed by atoms with Gasteiger partial charge in [0.2, 0.25) is 0 Å². The molecule has 4 rings (SSSR count). The Morgan fingerprint density at radius 2 is 1.09 bits per heavy atom. The molecule has 0 bridgehead atoms. The van der Waals surface area contributed by atoms with Crippen molar-refractivity contribution in [3.63, 3.8) is 0 Å². The molecule has 0 aliphatic rings. The first-order valence-corrected chi connectivity index (χ1v) is 9.61. The number of para-hydroxylation sites is 1. The highest BCUT2D eigenvalue weighted by Crippen LogP contribution is 2.31. The maximum Gasteiger partial charge on any atom is 0.339 e. The molecule has 0 aromatic heterocycles. The molecule has 0 radical (unpaired) electrons. The molecule has 4 aromatic rings. The lowest BCUT2D eigenvalue weighted by Gasteiger charge is -2.06. The fraction of sp³-hybridized carbons (Fsp3) is 0. The van der Waals surface area contributed by atoms with Crippen LogP contribution in [0.5, 0.6) is 11.5 Å². The summed E-state index contributed by atoms with van der Waals surface area (Å²) in [7, 11) is 0. The second kappa shape index (κ2) is 9.95. The van der Waals surface area contributed by atoms with Crippen LogP contribution in [0.25, 0.3) is 22.3 Å². The van der Waals surface area contributed by atoms with Crippen LogP contribution in [0.1, 0.15) is 20.7 Å². The number of carbonyl (C=O) groups is 2. The van der Waals surface area contributed by atoms with Crippen molar-refractivity contribution in [2.45, 2.75) is 0 Å². The molecular weight excluding hydrogens is 408 g/mol. The standard InChI is InChI=1S/2C13H10O3/c14-12-10(9-5-2-1-3-6-9)7-4-8-11(12)13(15)16;14-12-7-6-10(8-11(12)13(15)16)9-4-2-1-3-5-9/h2*1-8,14H,(H,15,16). The van der Waals surface area contributed by atoms with Crippen molar-refractivity contribution in [2.75, 3.05) is 0 Å². The molecule has 4 N–H and O–H groups in total. The third-order valence-electron chi connectivity index (χ3n) is 4.69. The molecule has 0 heterocycles. The Morgan fingerprint density at radius 1 is 0.531 bits per heavy atom. The topological polar surface area (TPSA) is 115 Å². The summed E-state index contributed by atoms with van der Waals surface area (Å²) in [6, 6.07) is 27.8. The van der Waals surface area contributed by atoms with E-state index in [2.05, 4.69) is 0 Å². The monoisotopic (exact) mass is 428 g/mol. The largest absolute Gasteiger partial charge is 0.507 e. The van der Waals surface area contributed by atoms with Gasteiger partial charge in [-0.3, -0.25) is 0 Å². The molecular formula is C26H20O6. The summed E-state index contributed by atoms with van der Waals surface area (Å²) in [4.78, 5) is 21.7. The molecule has 0 saturated carbocycles. The highest BCUT2D eigenvalue weighted by molar-refractivity contribution is 5.94. The van der Waals surface area contributed by atoms with Crippen LogP contribution in [0.4, 0.5) is 0 Å². The summed E-state index contributed by atoms with van der Waals surface area (Å²) >= 11 is 0. The van der Waals surface area contributed by atoms with Gasteiger partial charge >= 0.3 is 11.9 Å². The van der Waals surface area contributed by atoms with Gasteiger partial charge in [0, 0.05) is 5.56 Å². The Labute approximate surface area is 184 Å². The Bertz CT molecular complexity index is 1220. The van der Waals surface area contributed by atoms with E-state index in [1.54, 1.807) is 18.2 Å². The lowest BCUT2D eigenvalue weighted by Crippen LogP contribution is -1.97. The first kappa shape index (κ1) is 22.1. The van der Waals surface area contributed by atoms with E-state index in [0.29, 0.717) is 5.56 Å². The van der Waals surface area contributed by atoms with Gasteiger partial charge in [0.15, 0.2) is 0 Å². The molecule has 0 saturated heterocycles. The normalized spacial score (nSPS) is 10.0. The molecule has 0 spiro atoms. The van der Waals surface area contributed by atoms with Crippen LogP contribution in [0, 0.1) is 0 Å². The Morgan fingerprint density at radius 3 is 1.66 bits per heavy atom. The van der Waals surface area contributed by atoms with E-state index in [9.17, 15) is 19.8 Å². The molecule has 0 atom stereocenters. The molecule has 6 heteroatoms. The van der Waals surface area contributed by atoms with Crippen LogP contribution in [0.15, 0.2) is 97.1 Å². The zero-order valence-corrected chi connectivity index (χ0v) is 16.8. The Hall–Kier alpha value is -4.58. The number of hydrogen-bond acceptors (Lipinski definition) is 4. The summed E-state index contributed by atoms with van der Waals surface area (Å²) in [6.07, 6.45) is 0. The van der Waals surface area contributed by atoms with Gasteiger partial charge in [0.05, 0.1) is 0 Å². The molecule has 6 nitrogen and oxygen atoms in total. The summed E-state index contributed by atoms with van der Waals surface area (Å²) < 4.78 is 0. The number of carboxylic acids is 2. The number of aromatic hydroxyl groups is 2. The number of phenols is 2. The number of rotatable bonds is 4. The fourth-order valence-corrected chi connectivity index (χ4v) is 3.08. The van der Waals surface area contributed by atoms with Crippen molar-refractivity contribution in [1.82, 2.24) is 0 Å². The van der Waals surface area contributed by atoms with Gasteiger partial charge in [-0.1, -0.05) is 78.9 Å². The van der Waals surface area contributed by atoms with Crippen LogP contribution in [-0.2, 0) is 0 Å². The second-order valence-electron chi connectivity index (χ2n) is 6.78. The van der Waals surface area contributed by atoms with Crippen molar-refractivity contribution in [3.05, 3.63) is 108 Å². The number of hydrogen-bond donors (Lipinski definition) is 4. The maximum absolute atomic E-state index is 10.8. The number of aromatic carboxylic acids is 2. The molecule has 32 heavy (non-hydrogen) atoms. The zero-order chi connectivity index (χ0) is 23.1. The molecule has 0 fully saturated rings. The van der Waals surface area contributed by atoms with E-state index in [1.165, 1.54) is 18.2 Å². The molecule has 0 aliphatic heterocycles. The van der Waals surface area contributed by atoms with Crippen molar-refractivity contribution in [3.8, 4) is 33.8 Å². The smallest absolute Gasteiger partial charge is 0.339 e. The van der Waals surface area contributed by atoms with Gasteiger partial charge in [-0.05, 0) is 34.9 Å². The van der Waals surface area contributed by atoms with Gasteiger partial charge in [-0.2, -0.15) is 0 Å². The second-order valence-corrected chi connectivity index (χ2v) is 6.78. The highest BCUT2D eigenvalue weighted by atomic mass is 16.4. The third-order valence-corrected chi connectivity index (χ3v) is 4.69. The van der Waals surface area contributed by atoms with Crippen LogP contribution < -0.4 is 0 Å². The average Bonchev–Trinajstić information content (AvgIpc) is 2.81. The summed E-state index contributed by atoms with van der Waals surface area (Å²) in [5.74, 6) is -2.67. The minimum Gasteiger partial charge on any atom is -0.507 e. The van der Waals surface area contributed by atoms with Crippen molar-refractivity contribution in [1.29, 1.82) is 0 Å². The van der Waals surface area contributed by atoms with Crippen LogP contribution in [0.3, 0.4) is 0 Å². The molecule has 0 unspecified atom stereocenters. The highest BCUT2D eigenvalue weighted by Gasteiger charge is 2.13. The van der Waals surface area contributed by atoms with Crippen LogP contribution >= 0.6 is 0 Å². The lowest BCUT2D eigenvalue weighted by atomic mass is 10.0. The van der Waals surface area contributed by atoms with E-state index in [-0.39, 0.29) is 22.6 Å². The van der Waals surface area contributed by atoms with Crippen LogP contribution in [-0.4, -0.2) is 32.4 Å². The van der Waals surface area contributed by atoms with E-state index in [4.69, 9.17) is 10.2 Å². The zero-order valence-electron chi connectivity index (χ0n) is 16.8. The Kier molecular flexibility index (Phi) is 6.88. The number of benzene rings is 4. The SMILES string of the molecule is O=C(O)c1cc(-c2ccccc2)ccc1O.O=C(O)c1cccc(-c2ccccc2)c1O. The van der Waals surface area contributed by atoms with E-state index >= 15 is 0 Å². The minimum absolute atomic E-state index is 0.0821. The quantitative estimate of drug-likeness (QED) is 0.340. The van der Waals surface area contributed by atoms with Crippen molar-refractivity contribution >= 4 is 11.9 Å². The van der Waals surface area contributed by atoms with Gasteiger partial charge in [0.1, 0.15) is 22.6 Å². The molecule has 0 amide bonds. The van der Waals surface area contributed by atoms with Gasteiger partial charge < -0.3 is 20.4 Å². The predicted octanol–water partition coefficient (Wildman–Crippen LogP) is 5.51. The Balaban J connectivity index is 0.000000181. The van der Waals surface area contributed by atoms with Gasteiger partial charge in [-0.25, -0.2) is 9.59 Å².